The van der Waals surface area contributed by atoms with Gasteiger partial charge in [0, 0.05) is 6.54 Å². The molecule has 0 unspecified atom stereocenters. The topological polar surface area (TPSA) is 88.1 Å². The third-order valence-corrected chi connectivity index (χ3v) is 2.15. The van der Waals surface area contributed by atoms with Crippen LogP contribution in [0.3, 0.4) is 0 Å². The highest BCUT2D eigenvalue weighted by atomic mass is 16.5. The highest BCUT2D eigenvalue weighted by molar-refractivity contribution is 5.56. The molecular formula is C10H13N5O2. The van der Waals surface area contributed by atoms with E-state index in [0.717, 1.165) is 6.54 Å². The minimum Gasteiger partial charge on any atom is -0.479 e. The zero-order chi connectivity index (χ0) is 12.3. The molecule has 2 rings (SSSR count). The van der Waals surface area contributed by atoms with E-state index in [1.807, 2.05) is 6.92 Å². The van der Waals surface area contributed by atoms with Crippen molar-refractivity contribution in [3.05, 3.63) is 18.7 Å². The van der Waals surface area contributed by atoms with Gasteiger partial charge in [0.2, 0.25) is 11.8 Å². The Bertz CT molecular complexity index is 511. The molecule has 0 aromatic carbocycles. The van der Waals surface area contributed by atoms with Crippen molar-refractivity contribution in [2.75, 3.05) is 12.8 Å². The monoisotopic (exact) mass is 235 g/mol. The van der Waals surface area contributed by atoms with Crippen molar-refractivity contribution >= 4 is 5.69 Å². The Labute approximate surface area is 98.2 Å². The van der Waals surface area contributed by atoms with Crippen LogP contribution in [0.15, 0.2) is 18.7 Å². The smallest absolute Gasteiger partial charge is 0.250 e. The van der Waals surface area contributed by atoms with Gasteiger partial charge in [0.15, 0.2) is 11.4 Å². The summed E-state index contributed by atoms with van der Waals surface area (Å²) in [5, 5.41) is 4.08. The van der Waals surface area contributed by atoms with Crippen LogP contribution in [-0.4, -0.2) is 26.9 Å². The van der Waals surface area contributed by atoms with Crippen LogP contribution in [0, 0.1) is 0 Å². The Balaban J connectivity index is 2.23. The molecule has 0 saturated heterocycles. The number of aryl methyl sites for hydroxylation is 1. The molecule has 0 aliphatic rings. The van der Waals surface area contributed by atoms with E-state index in [4.69, 9.17) is 15.2 Å². The fourth-order valence-corrected chi connectivity index (χ4v) is 1.29. The number of hydrogen-bond acceptors (Lipinski definition) is 6. The largest absolute Gasteiger partial charge is 0.479 e. The van der Waals surface area contributed by atoms with Crippen molar-refractivity contribution in [3.8, 4) is 17.5 Å². The van der Waals surface area contributed by atoms with Gasteiger partial charge in [-0.15, -0.1) is 0 Å². The molecule has 0 saturated carbocycles. The summed E-state index contributed by atoms with van der Waals surface area (Å²) >= 11 is 0. The van der Waals surface area contributed by atoms with Gasteiger partial charge >= 0.3 is 0 Å². The summed E-state index contributed by atoms with van der Waals surface area (Å²) in [6, 6.07) is 0. The Kier molecular flexibility index (Phi) is 3.08. The van der Waals surface area contributed by atoms with Crippen LogP contribution in [0.2, 0.25) is 0 Å². The second kappa shape index (κ2) is 4.69. The zero-order valence-corrected chi connectivity index (χ0v) is 9.62. The van der Waals surface area contributed by atoms with Gasteiger partial charge < -0.3 is 15.2 Å². The molecule has 90 valence electrons. The van der Waals surface area contributed by atoms with Gasteiger partial charge in [0.05, 0.1) is 19.5 Å². The van der Waals surface area contributed by atoms with Gasteiger partial charge in [-0.25, -0.2) is 0 Å². The van der Waals surface area contributed by atoms with Crippen LogP contribution >= 0.6 is 0 Å². The average molecular weight is 235 g/mol. The second-order valence-corrected chi connectivity index (χ2v) is 3.24. The lowest BCUT2D eigenvalue weighted by Gasteiger charge is -2.07. The number of nitrogen functional groups attached to an aromatic ring is 1. The molecule has 7 heteroatoms. The van der Waals surface area contributed by atoms with Gasteiger partial charge in [-0.3, -0.25) is 4.68 Å². The first kappa shape index (κ1) is 11.2. The van der Waals surface area contributed by atoms with Crippen molar-refractivity contribution < 1.29 is 9.47 Å². The lowest BCUT2D eigenvalue weighted by atomic mass is 10.5. The molecule has 0 aliphatic carbocycles. The summed E-state index contributed by atoms with van der Waals surface area (Å²) in [7, 11) is 1.48. The van der Waals surface area contributed by atoms with Crippen molar-refractivity contribution in [2.24, 2.45) is 0 Å². The number of hydrogen-bond donors (Lipinski definition) is 1. The first-order valence-corrected chi connectivity index (χ1v) is 5.09. The predicted octanol–water partition coefficient (Wildman–Crippen LogP) is 1.08. The third kappa shape index (κ3) is 2.27. The SMILES string of the molecule is CCn1cc(Oc2ncnc(OC)c2N)cn1. The van der Waals surface area contributed by atoms with E-state index in [-0.39, 0.29) is 17.4 Å². The quantitative estimate of drug-likeness (QED) is 0.852. The molecule has 0 aliphatic heterocycles. The number of aromatic nitrogens is 4. The normalized spacial score (nSPS) is 10.2. The first-order valence-electron chi connectivity index (χ1n) is 5.09. The summed E-state index contributed by atoms with van der Waals surface area (Å²) in [5.41, 5.74) is 6.04. The number of rotatable bonds is 4. The Morgan fingerprint density at radius 1 is 1.35 bits per heavy atom. The van der Waals surface area contributed by atoms with E-state index < -0.39 is 0 Å². The molecule has 0 atom stereocenters. The fraction of sp³-hybridized carbons (Fsp3) is 0.300. The second-order valence-electron chi connectivity index (χ2n) is 3.24. The Hall–Kier alpha value is -2.31. The maximum absolute atomic E-state index is 5.78. The molecule has 0 spiro atoms. The molecule has 2 aromatic rings. The zero-order valence-electron chi connectivity index (χ0n) is 9.62. The lowest BCUT2D eigenvalue weighted by Crippen LogP contribution is -2.00. The van der Waals surface area contributed by atoms with Gasteiger partial charge in [-0.05, 0) is 6.92 Å². The van der Waals surface area contributed by atoms with Gasteiger partial charge in [0.25, 0.3) is 0 Å². The van der Waals surface area contributed by atoms with E-state index in [1.54, 1.807) is 17.1 Å². The Morgan fingerprint density at radius 2 is 2.12 bits per heavy atom. The van der Waals surface area contributed by atoms with E-state index >= 15 is 0 Å². The van der Waals surface area contributed by atoms with E-state index in [9.17, 15) is 0 Å². The molecule has 2 N–H and O–H groups in total. The number of nitrogens with zero attached hydrogens (tertiary/aromatic N) is 4. The number of ether oxygens (including phenoxy) is 2. The summed E-state index contributed by atoms with van der Waals surface area (Å²) < 4.78 is 12.2. The first-order chi connectivity index (χ1) is 8.24. The minimum absolute atomic E-state index is 0.257. The maximum atomic E-state index is 5.78. The third-order valence-electron chi connectivity index (χ3n) is 2.15. The number of nitrogens with two attached hydrogens (primary N) is 1. The minimum atomic E-state index is 0.257. The summed E-state index contributed by atoms with van der Waals surface area (Å²) in [6.45, 7) is 2.75. The highest BCUT2D eigenvalue weighted by Gasteiger charge is 2.11. The van der Waals surface area contributed by atoms with Gasteiger partial charge in [0.1, 0.15) is 6.33 Å². The van der Waals surface area contributed by atoms with E-state index in [2.05, 4.69) is 15.1 Å². The summed E-state index contributed by atoms with van der Waals surface area (Å²) in [4.78, 5) is 7.80. The van der Waals surface area contributed by atoms with Crippen LogP contribution < -0.4 is 15.2 Å². The van der Waals surface area contributed by atoms with Gasteiger partial charge in [-0.1, -0.05) is 0 Å². The molecule has 0 fully saturated rings. The van der Waals surface area contributed by atoms with Crippen LogP contribution in [0.4, 0.5) is 5.69 Å². The molecule has 2 heterocycles. The maximum Gasteiger partial charge on any atom is 0.250 e. The highest BCUT2D eigenvalue weighted by Crippen LogP contribution is 2.29. The number of anilines is 1. The van der Waals surface area contributed by atoms with Crippen LogP contribution in [0.5, 0.6) is 17.5 Å². The van der Waals surface area contributed by atoms with Gasteiger partial charge in [-0.2, -0.15) is 15.1 Å². The molecule has 2 aromatic heterocycles. The molecule has 7 nitrogen and oxygen atoms in total. The van der Waals surface area contributed by atoms with Crippen molar-refractivity contribution in [1.29, 1.82) is 0 Å². The van der Waals surface area contributed by atoms with E-state index in [0.29, 0.717) is 5.75 Å². The molecule has 17 heavy (non-hydrogen) atoms. The van der Waals surface area contributed by atoms with Crippen LogP contribution in [0.25, 0.3) is 0 Å². The standard InChI is InChI=1S/C10H13N5O2/c1-3-15-5-7(4-14-15)17-10-8(11)9(16-2)12-6-13-10/h4-6H,3,11H2,1-2H3. The molecular weight excluding hydrogens is 222 g/mol. The van der Waals surface area contributed by atoms with Crippen molar-refractivity contribution in [1.82, 2.24) is 19.7 Å². The lowest BCUT2D eigenvalue weighted by molar-refractivity contribution is 0.391. The molecule has 0 amide bonds. The summed E-state index contributed by atoms with van der Waals surface area (Å²) in [5.74, 6) is 1.12. The Morgan fingerprint density at radius 3 is 2.76 bits per heavy atom. The average Bonchev–Trinajstić information content (AvgIpc) is 2.79. The molecule has 0 bridgehead atoms. The van der Waals surface area contributed by atoms with Crippen molar-refractivity contribution in [2.45, 2.75) is 13.5 Å². The number of methoxy groups -OCH3 is 1. The fourth-order valence-electron chi connectivity index (χ4n) is 1.29. The van der Waals surface area contributed by atoms with Crippen LogP contribution in [0.1, 0.15) is 6.92 Å². The van der Waals surface area contributed by atoms with E-state index in [1.165, 1.54) is 13.4 Å². The summed E-state index contributed by atoms with van der Waals surface area (Å²) in [6.07, 6.45) is 4.68. The molecule has 0 radical (unpaired) electrons. The van der Waals surface area contributed by atoms with Crippen LogP contribution in [-0.2, 0) is 6.54 Å². The van der Waals surface area contributed by atoms with Crippen molar-refractivity contribution in [3.63, 3.8) is 0 Å². The predicted molar refractivity (Wildman–Crippen MR) is 61.0 cm³/mol.